The molecule has 0 fully saturated rings. The van der Waals surface area contributed by atoms with E-state index in [1.54, 1.807) is 5.70 Å². The lowest BCUT2D eigenvalue weighted by molar-refractivity contribution is 0.384. The second-order valence-electron chi connectivity index (χ2n) is 6.13. The van der Waals surface area contributed by atoms with Crippen molar-refractivity contribution in [1.82, 2.24) is 0 Å². The number of hydrogen-bond acceptors (Lipinski definition) is 2. The molecule has 0 spiro atoms. The lowest BCUT2D eigenvalue weighted by Crippen LogP contribution is -2.58. The summed E-state index contributed by atoms with van der Waals surface area (Å²) in [7, 11) is -5.02. The van der Waals surface area contributed by atoms with E-state index in [4.69, 9.17) is 4.12 Å². The molecule has 4 heteroatoms. The van der Waals surface area contributed by atoms with Crippen LogP contribution in [-0.2, 0) is 4.12 Å². The highest BCUT2D eigenvalue weighted by Crippen LogP contribution is 2.38. The Balaban J connectivity index is 3.09. The van der Waals surface area contributed by atoms with Crippen molar-refractivity contribution >= 4 is 22.1 Å². The van der Waals surface area contributed by atoms with Gasteiger partial charge in [-0.25, -0.2) is 0 Å². The first kappa shape index (κ1) is 15.4. The maximum atomic E-state index is 10.8. The number of hydrogen-bond donors (Lipinski definition) is 1. The second-order valence-corrected chi connectivity index (χ2v) is 13.8. The van der Waals surface area contributed by atoms with Crippen LogP contribution >= 0.6 is 0 Å². The normalized spacial score (nSPS) is 16.1. The van der Waals surface area contributed by atoms with Crippen molar-refractivity contribution in [3.05, 3.63) is 42.6 Å². The van der Waals surface area contributed by atoms with Gasteiger partial charge in [-0.15, -0.1) is 6.58 Å². The molecule has 100 valence electrons. The maximum absolute atomic E-state index is 10.8. The fourth-order valence-electron chi connectivity index (χ4n) is 1.44. The standard InChI is InChI=1S/C14H24O2Si2/c1-7-18(15,13-11-9-8-10-12-13)16-17(5,6)14(2,3)4/h7-12,15H,1H2,2-6H3. The molecule has 1 atom stereocenters. The van der Waals surface area contributed by atoms with E-state index in [-0.39, 0.29) is 5.04 Å². The molecule has 0 saturated heterocycles. The zero-order valence-corrected chi connectivity index (χ0v) is 14.0. The van der Waals surface area contributed by atoms with Gasteiger partial charge in [-0.05, 0) is 29.0 Å². The van der Waals surface area contributed by atoms with Gasteiger partial charge in [-0.2, -0.15) is 0 Å². The molecule has 1 unspecified atom stereocenters. The van der Waals surface area contributed by atoms with Crippen LogP contribution in [0.15, 0.2) is 42.6 Å². The molecule has 0 amide bonds. The summed E-state index contributed by atoms with van der Waals surface area (Å²) in [5.74, 6) is 0. The highest BCUT2D eigenvalue weighted by molar-refractivity contribution is 6.93. The predicted octanol–water partition coefficient (Wildman–Crippen LogP) is 3.08. The molecule has 1 N–H and O–H groups in total. The summed E-state index contributed by atoms with van der Waals surface area (Å²) in [5, 5.41) is 0.941. The molecule has 0 aromatic heterocycles. The van der Waals surface area contributed by atoms with Crippen LogP contribution in [0.5, 0.6) is 0 Å². The molecular weight excluding hydrogens is 256 g/mol. The zero-order valence-electron chi connectivity index (χ0n) is 12.0. The first-order valence-corrected chi connectivity index (χ1v) is 11.1. The summed E-state index contributed by atoms with van der Waals surface area (Å²) in [6.45, 7) is 14.6. The zero-order chi connectivity index (χ0) is 14.0. The average molecular weight is 281 g/mol. The van der Waals surface area contributed by atoms with Crippen molar-refractivity contribution in [1.29, 1.82) is 0 Å². The molecule has 0 bridgehead atoms. The van der Waals surface area contributed by atoms with E-state index in [0.29, 0.717) is 0 Å². The molecular formula is C14H24O2Si2. The highest BCUT2D eigenvalue weighted by atomic mass is 28.4. The van der Waals surface area contributed by atoms with Crippen LogP contribution in [-0.4, -0.2) is 21.7 Å². The first-order valence-electron chi connectivity index (χ1n) is 6.24. The minimum absolute atomic E-state index is 0.0752. The Hall–Kier alpha value is -0.686. The molecule has 18 heavy (non-hydrogen) atoms. The molecule has 1 aromatic rings. The molecule has 0 heterocycles. The molecule has 1 aromatic carbocycles. The minimum atomic E-state index is -3.02. The van der Waals surface area contributed by atoms with Gasteiger partial charge >= 0.3 is 8.56 Å². The Morgan fingerprint density at radius 1 is 1.17 bits per heavy atom. The molecule has 0 aliphatic carbocycles. The summed E-state index contributed by atoms with van der Waals surface area (Å²) in [6, 6.07) is 9.62. The van der Waals surface area contributed by atoms with Crippen LogP contribution in [0.1, 0.15) is 20.8 Å². The Kier molecular flexibility index (Phi) is 4.38. The summed E-state index contributed by atoms with van der Waals surface area (Å²) in [6.07, 6.45) is 0. The van der Waals surface area contributed by atoms with Gasteiger partial charge in [-0.3, -0.25) is 0 Å². The smallest absolute Gasteiger partial charge is 0.386 e. The van der Waals surface area contributed by atoms with E-state index in [1.165, 1.54) is 0 Å². The van der Waals surface area contributed by atoms with E-state index >= 15 is 0 Å². The van der Waals surface area contributed by atoms with Crippen LogP contribution in [0.2, 0.25) is 18.1 Å². The molecule has 0 radical (unpaired) electrons. The molecule has 0 aliphatic rings. The third kappa shape index (κ3) is 3.20. The third-order valence-electron chi connectivity index (χ3n) is 3.68. The van der Waals surface area contributed by atoms with Gasteiger partial charge in [-0.1, -0.05) is 51.1 Å². The lowest BCUT2D eigenvalue weighted by Gasteiger charge is -2.41. The van der Waals surface area contributed by atoms with Gasteiger partial charge in [0.05, 0.1) is 0 Å². The van der Waals surface area contributed by atoms with Crippen LogP contribution < -0.4 is 5.19 Å². The summed E-state index contributed by atoms with van der Waals surface area (Å²) in [4.78, 5) is 10.8. The summed E-state index contributed by atoms with van der Waals surface area (Å²) < 4.78 is 6.24. The predicted molar refractivity (Wildman–Crippen MR) is 82.5 cm³/mol. The van der Waals surface area contributed by atoms with Gasteiger partial charge in [0, 0.05) is 0 Å². The monoisotopic (exact) mass is 280 g/mol. The molecule has 2 nitrogen and oxygen atoms in total. The van der Waals surface area contributed by atoms with E-state index in [0.717, 1.165) is 5.19 Å². The molecule has 1 rings (SSSR count). The average Bonchev–Trinajstić information content (AvgIpc) is 2.28. The second kappa shape index (κ2) is 5.13. The Labute approximate surface area is 113 Å². The fraction of sp³-hybridized carbons (Fsp3) is 0.429. The van der Waals surface area contributed by atoms with Gasteiger partial charge in [0.1, 0.15) is 0 Å². The van der Waals surface area contributed by atoms with Crippen molar-refractivity contribution in [3.8, 4) is 0 Å². The van der Waals surface area contributed by atoms with Gasteiger partial charge < -0.3 is 8.91 Å². The van der Waals surface area contributed by atoms with Gasteiger partial charge in [0.25, 0.3) is 0 Å². The topological polar surface area (TPSA) is 29.5 Å². The Morgan fingerprint density at radius 3 is 2.06 bits per heavy atom. The van der Waals surface area contributed by atoms with Crippen molar-refractivity contribution in [2.75, 3.05) is 0 Å². The molecule has 0 aliphatic heterocycles. The van der Waals surface area contributed by atoms with Crippen LogP contribution in [0.4, 0.5) is 0 Å². The Morgan fingerprint density at radius 2 is 1.67 bits per heavy atom. The van der Waals surface area contributed by atoms with Crippen LogP contribution in [0, 0.1) is 0 Å². The third-order valence-corrected chi connectivity index (χ3v) is 12.3. The first-order chi connectivity index (χ1) is 8.12. The van der Waals surface area contributed by atoms with E-state index in [2.05, 4.69) is 40.4 Å². The maximum Gasteiger partial charge on any atom is 0.386 e. The van der Waals surface area contributed by atoms with Gasteiger partial charge in [0.15, 0.2) is 8.32 Å². The van der Waals surface area contributed by atoms with Crippen molar-refractivity contribution in [2.24, 2.45) is 0 Å². The highest BCUT2D eigenvalue weighted by Gasteiger charge is 2.45. The summed E-state index contributed by atoms with van der Waals surface area (Å²) in [5.41, 5.74) is 1.61. The molecule has 0 saturated carbocycles. The van der Waals surface area contributed by atoms with Crippen LogP contribution in [0.25, 0.3) is 0 Å². The van der Waals surface area contributed by atoms with Crippen molar-refractivity contribution in [3.63, 3.8) is 0 Å². The number of rotatable bonds is 4. The SMILES string of the molecule is C=C[Si](O)(O[Si](C)(C)C(C)(C)C)c1ccccc1. The number of benzene rings is 1. The largest absolute Gasteiger partial charge is 0.429 e. The van der Waals surface area contributed by atoms with Crippen molar-refractivity contribution in [2.45, 2.75) is 38.9 Å². The fourth-order valence-corrected chi connectivity index (χ4v) is 7.48. The quantitative estimate of drug-likeness (QED) is 0.859. The summed E-state index contributed by atoms with van der Waals surface area (Å²) >= 11 is 0. The van der Waals surface area contributed by atoms with Crippen LogP contribution in [0.3, 0.4) is 0 Å². The van der Waals surface area contributed by atoms with E-state index in [1.807, 2.05) is 30.3 Å². The van der Waals surface area contributed by atoms with Gasteiger partial charge in [0.2, 0.25) is 0 Å². The Bertz CT molecular complexity index is 410. The van der Waals surface area contributed by atoms with E-state index < -0.39 is 16.9 Å². The lowest BCUT2D eigenvalue weighted by atomic mass is 10.2. The van der Waals surface area contributed by atoms with E-state index in [9.17, 15) is 4.80 Å². The minimum Gasteiger partial charge on any atom is -0.429 e. The van der Waals surface area contributed by atoms with Crippen molar-refractivity contribution < 1.29 is 8.91 Å².